The van der Waals surface area contributed by atoms with Gasteiger partial charge in [-0.3, -0.25) is 0 Å². The van der Waals surface area contributed by atoms with Crippen LogP contribution in [0.4, 0.5) is 13.2 Å². The van der Waals surface area contributed by atoms with Gasteiger partial charge in [0.15, 0.2) is 0 Å². The fourth-order valence-corrected chi connectivity index (χ4v) is 3.20. The summed E-state index contributed by atoms with van der Waals surface area (Å²) in [5.74, 6) is 4.86. The van der Waals surface area contributed by atoms with Crippen LogP contribution < -0.4 is 4.74 Å². The molecule has 0 heterocycles. The Bertz CT molecular complexity index is 1300. The Morgan fingerprint density at radius 2 is 1.53 bits per heavy atom. The molecule has 0 bridgehead atoms. The van der Waals surface area contributed by atoms with E-state index in [1.807, 2.05) is 13.0 Å². The topological polar surface area (TPSA) is 9.23 Å². The van der Waals surface area contributed by atoms with E-state index in [1.165, 1.54) is 30.3 Å². The van der Waals surface area contributed by atoms with E-state index in [2.05, 4.69) is 11.8 Å². The summed E-state index contributed by atoms with van der Waals surface area (Å²) in [5, 5.41) is 1.62. The lowest BCUT2D eigenvalue weighted by Crippen LogP contribution is -1.94. The summed E-state index contributed by atoms with van der Waals surface area (Å²) in [6.07, 6.45) is 0. The zero-order chi connectivity index (χ0) is 21.1. The third-order valence-electron chi connectivity index (χ3n) is 4.68. The lowest BCUT2D eigenvalue weighted by atomic mass is 10.0. The van der Waals surface area contributed by atoms with Gasteiger partial charge < -0.3 is 4.74 Å². The van der Waals surface area contributed by atoms with E-state index >= 15 is 0 Å². The van der Waals surface area contributed by atoms with E-state index in [1.54, 1.807) is 36.4 Å². The molecule has 4 aromatic carbocycles. The molecule has 4 heteroatoms. The molecule has 4 aromatic rings. The quantitative estimate of drug-likeness (QED) is 0.346. The van der Waals surface area contributed by atoms with Gasteiger partial charge in [0.05, 0.1) is 12.2 Å². The maximum absolute atomic E-state index is 14.6. The maximum Gasteiger partial charge on any atom is 0.139 e. The smallest absolute Gasteiger partial charge is 0.139 e. The second kappa shape index (κ2) is 8.34. The van der Waals surface area contributed by atoms with Gasteiger partial charge in [0.25, 0.3) is 0 Å². The molecule has 4 rings (SSSR count). The largest absolute Gasteiger partial charge is 0.494 e. The minimum Gasteiger partial charge on any atom is -0.494 e. The van der Waals surface area contributed by atoms with Gasteiger partial charge in [-0.15, -0.1) is 0 Å². The first-order valence-electron chi connectivity index (χ1n) is 9.47. The Balaban J connectivity index is 1.61. The number of benzene rings is 4. The molecule has 0 aliphatic carbocycles. The normalized spacial score (nSPS) is 10.5. The van der Waals surface area contributed by atoms with E-state index in [0.717, 1.165) is 10.8 Å². The second-order valence-electron chi connectivity index (χ2n) is 6.73. The lowest BCUT2D eigenvalue weighted by Gasteiger charge is -2.08. The molecule has 0 amide bonds. The zero-order valence-electron chi connectivity index (χ0n) is 16.2. The van der Waals surface area contributed by atoms with Gasteiger partial charge >= 0.3 is 0 Å². The highest BCUT2D eigenvalue weighted by molar-refractivity contribution is 5.84. The third kappa shape index (κ3) is 4.16. The molecule has 30 heavy (non-hydrogen) atoms. The molecule has 0 aromatic heterocycles. The first-order valence-corrected chi connectivity index (χ1v) is 9.47. The summed E-state index contributed by atoms with van der Waals surface area (Å²) in [4.78, 5) is 0. The van der Waals surface area contributed by atoms with Gasteiger partial charge in [-0.25, -0.2) is 13.2 Å². The van der Waals surface area contributed by atoms with E-state index in [-0.39, 0.29) is 11.4 Å². The van der Waals surface area contributed by atoms with Crippen LogP contribution in [0.3, 0.4) is 0 Å². The van der Waals surface area contributed by atoms with Gasteiger partial charge in [0.2, 0.25) is 0 Å². The molecule has 0 spiro atoms. The number of hydrogen-bond donors (Lipinski definition) is 0. The Labute approximate surface area is 172 Å². The van der Waals surface area contributed by atoms with Crippen molar-refractivity contribution in [1.29, 1.82) is 0 Å². The van der Waals surface area contributed by atoms with Gasteiger partial charge in [-0.1, -0.05) is 30.0 Å². The summed E-state index contributed by atoms with van der Waals surface area (Å²) in [6.45, 7) is 2.26. The molecule has 0 saturated heterocycles. The van der Waals surface area contributed by atoms with Crippen LogP contribution in [-0.4, -0.2) is 6.61 Å². The van der Waals surface area contributed by atoms with Crippen molar-refractivity contribution >= 4 is 10.8 Å². The Kier molecular flexibility index (Phi) is 5.45. The van der Waals surface area contributed by atoms with Gasteiger partial charge in [0, 0.05) is 17.2 Å². The van der Waals surface area contributed by atoms with E-state index in [0.29, 0.717) is 29.0 Å². The highest BCUT2D eigenvalue weighted by atomic mass is 19.1. The molecule has 148 valence electrons. The first-order chi connectivity index (χ1) is 14.5. The van der Waals surface area contributed by atoms with Crippen molar-refractivity contribution in [1.82, 2.24) is 0 Å². The highest BCUT2D eigenvalue weighted by Gasteiger charge is 2.09. The van der Waals surface area contributed by atoms with Crippen LogP contribution in [0, 0.1) is 29.3 Å². The van der Waals surface area contributed by atoms with Crippen molar-refractivity contribution in [3.05, 3.63) is 101 Å². The minimum absolute atomic E-state index is 0.212. The third-order valence-corrected chi connectivity index (χ3v) is 4.68. The zero-order valence-corrected chi connectivity index (χ0v) is 16.2. The molecule has 1 nitrogen and oxygen atoms in total. The summed E-state index contributed by atoms with van der Waals surface area (Å²) in [7, 11) is 0. The van der Waals surface area contributed by atoms with Crippen molar-refractivity contribution in [3.63, 3.8) is 0 Å². The fraction of sp³-hybridized carbons (Fsp3) is 0.0769. The van der Waals surface area contributed by atoms with Crippen LogP contribution in [0.25, 0.3) is 21.9 Å². The van der Waals surface area contributed by atoms with Crippen LogP contribution >= 0.6 is 0 Å². The first kappa shape index (κ1) is 19.6. The number of ether oxygens (including phenoxy) is 1. The van der Waals surface area contributed by atoms with Crippen LogP contribution in [0.15, 0.2) is 72.8 Å². The van der Waals surface area contributed by atoms with Gasteiger partial charge in [-0.05, 0) is 71.8 Å². The SMILES string of the molecule is CCOc1ccc(-c2ccc(C#Cc3ccc4cc(F)ccc4c3)c(F)c2)c(F)c1. The van der Waals surface area contributed by atoms with Crippen LogP contribution in [0.5, 0.6) is 5.75 Å². The monoisotopic (exact) mass is 402 g/mol. The maximum atomic E-state index is 14.6. The molecule has 0 aliphatic heterocycles. The molecule has 0 fully saturated rings. The van der Waals surface area contributed by atoms with Gasteiger partial charge in [-0.2, -0.15) is 0 Å². The molecule has 0 aliphatic rings. The minimum atomic E-state index is -0.531. The molecule has 0 saturated carbocycles. The Morgan fingerprint density at radius 1 is 0.733 bits per heavy atom. The van der Waals surface area contributed by atoms with E-state index in [4.69, 9.17) is 4.74 Å². The van der Waals surface area contributed by atoms with Crippen LogP contribution in [0.1, 0.15) is 18.1 Å². The van der Waals surface area contributed by atoms with Crippen molar-refractivity contribution in [2.45, 2.75) is 6.92 Å². The van der Waals surface area contributed by atoms with Crippen molar-refractivity contribution in [2.75, 3.05) is 6.61 Å². The predicted molar refractivity (Wildman–Crippen MR) is 113 cm³/mol. The number of fused-ring (bicyclic) bond motifs is 1. The lowest BCUT2D eigenvalue weighted by molar-refractivity contribution is 0.338. The van der Waals surface area contributed by atoms with Gasteiger partial charge in [0.1, 0.15) is 23.2 Å². The van der Waals surface area contributed by atoms with Crippen molar-refractivity contribution in [3.8, 4) is 28.7 Å². The predicted octanol–water partition coefficient (Wildman–Crippen LogP) is 6.72. The summed E-state index contributed by atoms with van der Waals surface area (Å²) >= 11 is 0. The highest BCUT2D eigenvalue weighted by Crippen LogP contribution is 2.27. The van der Waals surface area contributed by atoms with Crippen LogP contribution in [-0.2, 0) is 0 Å². The average Bonchev–Trinajstić information content (AvgIpc) is 2.73. The molecule has 0 unspecified atom stereocenters. The Morgan fingerprint density at radius 3 is 2.30 bits per heavy atom. The van der Waals surface area contributed by atoms with Crippen molar-refractivity contribution < 1.29 is 17.9 Å². The standard InChI is InChI=1S/C26H17F3O/c1-2-30-23-11-12-24(26(29)16-23)21-8-7-18(25(28)15-21)5-3-17-4-6-20-14-22(27)10-9-19(20)13-17/h4,6-16H,2H2,1H3. The Hall–Kier alpha value is -3.71. The van der Waals surface area contributed by atoms with E-state index in [9.17, 15) is 13.2 Å². The van der Waals surface area contributed by atoms with Crippen molar-refractivity contribution in [2.24, 2.45) is 0 Å². The number of hydrogen-bond acceptors (Lipinski definition) is 1. The molecular weight excluding hydrogens is 385 g/mol. The van der Waals surface area contributed by atoms with E-state index < -0.39 is 11.6 Å². The summed E-state index contributed by atoms with van der Waals surface area (Å²) in [5.41, 5.74) is 1.62. The average molecular weight is 402 g/mol. The number of halogens is 3. The molecule has 0 radical (unpaired) electrons. The summed E-state index contributed by atoms with van der Waals surface area (Å²) < 4.78 is 47.5. The fourth-order valence-electron chi connectivity index (χ4n) is 3.20. The number of rotatable bonds is 3. The van der Waals surface area contributed by atoms with Crippen LogP contribution in [0.2, 0.25) is 0 Å². The molecular formula is C26H17F3O. The molecule has 0 atom stereocenters. The molecule has 0 N–H and O–H groups in total. The second-order valence-corrected chi connectivity index (χ2v) is 6.73. The summed E-state index contributed by atoms with van der Waals surface area (Å²) in [6, 6.07) is 18.8.